The number of carbonyl (C=O) groups is 6. The first kappa shape index (κ1) is 46.7. The summed E-state index contributed by atoms with van der Waals surface area (Å²) in [6.45, 7) is 7.06. The van der Waals surface area contributed by atoms with Gasteiger partial charge in [-0.1, -0.05) is 46.5 Å². The van der Waals surface area contributed by atoms with E-state index in [1.54, 1.807) is 20.8 Å². The number of ether oxygens (including phenoxy) is 2. The molecule has 0 aliphatic carbocycles. The van der Waals surface area contributed by atoms with E-state index >= 15 is 0 Å². The standard InChI is InChI=1S/C34H59NO15/c1-5-6-9-20(3)32(50-31(44)17-23(34(47)48)15-29(41)42)27(49-30(43)16-22(33(45)46)14-28(39)40)13-19(2)12-24(36)10-7-8-11-25(37)18-26(38)21(4)35/h19-27,32,36-38H,5-18,35H2,1-4H3,(H,39,40)(H,41,42)(H,45,46)(H,47,48)/t19-,20+,21+,22+,23+,24+,25-,26+,27-,32-/m1/s1. The molecule has 0 bridgehead atoms. The van der Waals surface area contributed by atoms with Crippen LogP contribution in [0.1, 0.15) is 118 Å². The topological polar surface area (TPSA) is 289 Å². The number of esters is 2. The van der Waals surface area contributed by atoms with Crippen molar-refractivity contribution in [2.45, 2.75) is 154 Å². The Morgan fingerprint density at radius 1 is 0.620 bits per heavy atom. The molecule has 0 amide bonds. The number of hydrogen-bond donors (Lipinski definition) is 8. The van der Waals surface area contributed by atoms with Crippen LogP contribution in [-0.2, 0) is 38.2 Å². The van der Waals surface area contributed by atoms with E-state index in [0.717, 1.165) is 6.42 Å². The van der Waals surface area contributed by atoms with Gasteiger partial charge < -0.3 is 51.0 Å². The van der Waals surface area contributed by atoms with E-state index in [-0.39, 0.29) is 25.2 Å². The van der Waals surface area contributed by atoms with Crippen LogP contribution in [0.4, 0.5) is 0 Å². The second-order valence-corrected chi connectivity index (χ2v) is 13.6. The molecule has 0 aliphatic heterocycles. The molecule has 0 radical (unpaired) electrons. The van der Waals surface area contributed by atoms with Gasteiger partial charge >= 0.3 is 35.8 Å². The number of hydrogen-bond acceptors (Lipinski definition) is 12. The summed E-state index contributed by atoms with van der Waals surface area (Å²) in [6.07, 6.45) is -3.74. The smallest absolute Gasteiger partial charge is 0.307 e. The first-order chi connectivity index (χ1) is 23.3. The van der Waals surface area contributed by atoms with Crippen molar-refractivity contribution in [3.05, 3.63) is 0 Å². The van der Waals surface area contributed by atoms with E-state index in [1.807, 2.05) is 6.92 Å². The SMILES string of the molecule is CCCC[C@H](C)[C@@H](OC(=O)C[C@H](CC(=O)O)C(=O)O)[C@@H](C[C@H](C)C[C@@H](O)CCCC[C@@H](O)C[C@H](O)[C@H](C)N)OC(=O)C[C@H](CC(=O)O)C(=O)O. The number of aliphatic hydroxyl groups is 3. The van der Waals surface area contributed by atoms with Crippen LogP contribution in [0.15, 0.2) is 0 Å². The van der Waals surface area contributed by atoms with Crippen LogP contribution in [0.5, 0.6) is 0 Å². The minimum Gasteiger partial charge on any atom is -0.481 e. The Kier molecular flexibility index (Phi) is 23.1. The fourth-order valence-corrected chi connectivity index (χ4v) is 5.68. The van der Waals surface area contributed by atoms with Gasteiger partial charge in [-0.2, -0.15) is 0 Å². The van der Waals surface area contributed by atoms with Gasteiger partial charge in [-0.3, -0.25) is 28.8 Å². The van der Waals surface area contributed by atoms with Crippen LogP contribution in [0.2, 0.25) is 0 Å². The van der Waals surface area contributed by atoms with Crippen LogP contribution in [-0.4, -0.2) is 108 Å². The molecule has 9 N–H and O–H groups in total. The Hall–Kier alpha value is -3.34. The monoisotopic (exact) mass is 721 g/mol. The number of carbonyl (C=O) groups excluding carboxylic acids is 2. The summed E-state index contributed by atoms with van der Waals surface area (Å²) in [6, 6.07) is -0.476. The van der Waals surface area contributed by atoms with Crippen molar-refractivity contribution in [1.82, 2.24) is 0 Å². The normalized spacial score (nSPS) is 17.5. The molecule has 0 saturated carbocycles. The van der Waals surface area contributed by atoms with Gasteiger partial charge in [0.05, 0.1) is 55.8 Å². The highest BCUT2D eigenvalue weighted by Gasteiger charge is 2.37. The molecule has 0 aliphatic rings. The van der Waals surface area contributed by atoms with Crippen molar-refractivity contribution in [3.63, 3.8) is 0 Å². The van der Waals surface area contributed by atoms with Crippen LogP contribution >= 0.6 is 0 Å². The molecule has 0 aromatic rings. The number of aliphatic carboxylic acids is 4. The van der Waals surface area contributed by atoms with Crippen LogP contribution in [0, 0.1) is 23.7 Å². The van der Waals surface area contributed by atoms with Gasteiger partial charge in [0, 0.05) is 12.5 Å². The Labute approximate surface area is 293 Å². The zero-order valence-corrected chi connectivity index (χ0v) is 29.6. The van der Waals surface area contributed by atoms with Gasteiger partial charge in [-0.15, -0.1) is 0 Å². The maximum atomic E-state index is 13.0. The highest BCUT2D eigenvalue weighted by Crippen LogP contribution is 2.29. The molecule has 0 heterocycles. The van der Waals surface area contributed by atoms with Crippen LogP contribution in [0.25, 0.3) is 0 Å². The number of carboxylic acids is 4. The lowest BCUT2D eigenvalue weighted by Crippen LogP contribution is -2.42. The molecule has 50 heavy (non-hydrogen) atoms. The van der Waals surface area contributed by atoms with Gasteiger partial charge in [-0.05, 0) is 50.9 Å². The molecule has 0 saturated heterocycles. The molecule has 0 spiro atoms. The predicted molar refractivity (Wildman–Crippen MR) is 178 cm³/mol. The van der Waals surface area contributed by atoms with Crippen molar-refractivity contribution >= 4 is 35.8 Å². The van der Waals surface area contributed by atoms with Crippen LogP contribution in [0.3, 0.4) is 0 Å². The Morgan fingerprint density at radius 2 is 1.08 bits per heavy atom. The molecule has 0 aromatic carbocycles. The zero-order chi connectivity index (χ0) is 38.6. The van der Waals surface area contributed by atoms with Gasteiger partial charge in [0.1, 0.15) is 12.2 Å². The fraction of sp³-hybridized carbons (Fsp3) is 0.824. The van der Waals surface area contributed by atoms with Crippen molar-refractivity contribution < 1.29 is 74.0 Å². The Balaban J connectivity index is 5.98. The predicted octanol–water partition coefficient (Wildman–Crippen LogP) is 2.56. The van der Waals surface area contributed by atoms with Gasteiger partial charge in [0.25, 0.3) is 0 Å². The highest BCUT2D eigenvalue weighted by atomic mass is 16.6. The van der Waals surface area contributed by atoms with Gasteiger partial charge in [0.2, 0.25) is 0 Å². The molecular weight excluding hydrogens is 662 g/mol. The quantitative estimate of drug-likeness (QED) is 0.0407. The van der Waals surface area contributed by atoms with Crippen molar-refractivity contribution in [3.8, 4) is 0 Å². The maximum Gasteiger partial charge on any atom is 0.307 e. The Bertz CT molecular complexity index is 1070. The highest BCUT2D eigenvalue weighted by molar-refractivity contribution is 5.83. The second-order valence-electron chi connectivity index (χ2n) is 13.6. The summed E-state index contributed by atoms with van der Waals surface area (Å²) in [4.78, 5) is 71.6. The molecule has 0 rings (SSSR count). The lowest BCUT2D eigenvalue weighted by atomic mass is 9.87. The molecule has 10 atom stereocenters. The number of aliphatic hydroxyl groups excluding tert-OH is 3. The summed E-state index contributed by atoms with van der Waals surface area (Å²) in [5.41, 5.74) is 5.63. The van der Waals surface area contributed by atoms with Crippen molar-refractivity contribution in [2.24, 2.45) is 29.4 Å². The molecular formula is C34H59NO15. The average Bonchev–Trinajstić information content (AvgIpc) is 2.99. The molecule has 0 unspecified atom stereocenters. The van der Waals surface area contributed by atoms with E-state index in [1.165, 1.54) is 0 Å². The van der Waals surface area contributed by atoms with Crippen molar-refractivity contribution in [1.29, 1.82) is 0 Å². The van der Waals surface area contributed by atoms with Gasteiger partial charge in [0.15, 0.2) is 0 Å². The third-order valence-electron chi connectivity index (χ3n) is 8.61. The maximum absolute atomic E-state index is 13.0. The Morgan fingerprint density at radius 3 is 1.50 bits per heavy atom. The number of nitrogens with two attached hydrogens (primary N) is 1. The van der Waals surface area contributed by atoms with Crippen LogP contribution < -0.4 is 5.73 Å². The van der Waals surface area contributed by atoms with E-state index < -0.39 is 116 Å². The summed E-state index contributed by atoms with van der Waals surface area (Å²) >= 11 is 0. The lowest BCUT2D eigenvalue weighted by Gasteiger charge is -2.33. The number of carboxylic acid groups (broad SMARTS) is 4. The minimum absolute atomic E-state index is 0.0270. The molecule has 16 heteroatoms. The second kappa shape index (κ2) is 24.7. The molecule has 16 nitrogen and oxygen atoms in total. The van der Waals surface area contributed by atoms with E-state index in [9.17, 15) is 54.3 Å². The van der Waals surface area contributed by atoms with E-state index in [0.29, 0.717) is 38.5 Å². The summed E-state index contributed by atoms with van der Waals surface area (Å²) in [5.74, 6) is -12.0. The van der Waals surface area contributed by atoms with Crippen molar-refractivity contribution in [2.75, 3.05) is 0 Å². The minimum atomic E-state index is -1.59. The third kappa shape index (κ3) is 21.0. The average molecular weight is 722 g/mol. The largest absolute Gasteiger partial charge is 0.481 e. The fourth-order valence-electron chi connectivity index (χ4n) is 5.68. The summed E-state index contributed by atoms with van der Waals surface area (Å²) in [7, 11) is 0. The van der Waals surface area contributed by atoms with E-state index in [2.05, 4.69) is 0 Å². The molecule has 0 fully saturated rings. The summed E-state index contributed by atoms with van der Waals surface area (Å²) in [5, 5.41) is 67.8. The first-order valence-corrected chi connectivity index (χ1v) is 17.3. The summed E-state index contributed by atoms with van der Waals surface area (Å²) < 4.78 is 11.4. The van der Waals surface area contributed by atoms with E-state index in [4.69, 9.17) is 25.4 Å². The number of unbranched alkanes of at least 4 members (excludes halogenated alkanes) is 2. The first-order valence-electron chi connectivity index (χ1n) is 17.3. The molecule has 290 valence electrons. The molecule has 0 aromatic heterocycles. The zero-order valence-electron chi connectivity index (χ0n) is 29.6. The third-order valence-corrected chi connectivity index (χ3v) is 8.61. The van der Waals surface area contributed by atoms with Gasteiger partial charge in [-0.25, -0.2) is 0 Å². The number of rotatable bonds is 29. The lowest BCUT2D eigenvalue weighted by molar-refractivity contribution is -0.177.